The van der Waals surface area contributed by atoms with Gasteiger partial charge in [-0.25, -0.2) is 9.78 Å². The standard InChI is InChI=1S/C15H11ClN4O2/c16-9-2-4-13-19-14(11(6-17)20(13)7-9)8-1-3-10-12(5-8)22-15(21)18-10/h1-5,7H,6,17H2,(H,18,21). The molecule has 1 aromatic carbocycles. The highest BCUT2D eigenvalue weighted by atomic mass is 35.5. The van der Waals surface area contributed by atoms with Crippen LogP contribution in [-0.2, 0) is 6.54 Å². The minimum absolute atomic E-state index is 0.311. The van der Waals surface area contributed by atoms with Gasteiger partial charge in [-0.3, -0.25) is 4.98 Å². The number of benzene rings is 1. The Bertz CT molecular complexity index is 1060. The molecule has 3 N–H and O–H groups in total. The molecule has 3 aromatic heterocycles. The summed E-state index contributed by atoms with van der Waals surface area (Å²) in [6.45, 7) is 0.311. The lowest BCUT2D eigenvalue weighted by Gasteiger charge is -2.02. The van der Waals surface area contributed by atoms with Crippen LogP contribution in [0.25, 0.3) is 28.0 Å². The second-order valence-corrected chi connectivity index (χ2v) is 5.35. The Balaban J connectivity index is 2.00. The number of fused-ring (bicyclic) bond motifs is 2. The molecular weight excluding hydrogens is 304 g/mol. The predicted molar refractivity (Wildman–Crippen MR) is 83.9 cm³/mol. The van der Waals surface area contributed by atoms with Gasteiger partial charge in [0.1, 0.15) is 5.65 Å². The number of imidazole rings is 1. The van der Waals surface area contributed by atoms with E-state index in [1.807, 2.05) is 16.5 Å². The summed E-state index contributed by atoms with van der Waals surface area (Å²) in [5, 5.41) is 0.609. The van der Waals surface area contributed by atoms with Gasteiger partial charge in [0.25, 0.3) is 0 Å². The zero-order valence-electron chi connectivity index (χ0n) is 11.3. The van der Waals surface area contributed by atoms with Crippen molar-refractivity contribution >= 4 is 28.3 Å². The predicted octanol–water partition coefficient (Wildman–Crippen LogP) is 2.55. The lowest BCUT2D eigenvalue weighted by Crippen LogP contribution is -2.02. The summed E-state index contributed by atoms with van der Waals surface area (Å²) in [5.41, 5.74) is 10.2. The number of halogens is 1. The fourth-order valence-electron chi connectivity index (χ4n) is 2.59. The van der Waals surface area contributed by atoms with Crippen LogP contribution in [0.4, 0.5) is 0 Å². The largest absolute Gasteiger partial charge is 0.417 e. The van der Waals surface area contributed by atoms with E-state index in [0.717, 1.165) is 22.6 Å². The number of rotatable bonds is 2. The molecule has 6 nitrogen and oxygen atoms in total. The SMILES string of the molecule is NCc1c(-c2ccc3[nH]c(=O)oc3c2)nc2ccc(Cl)cn12. The molecule has 0 unspecified atom stereocenters. The third kappa shape index (κ3) is 1.93. The molecule has 7 heteroatoms. The van der Waals surface area contributed by atoms with Gasteiger partial charge in [-0.15, -0.1) is 0 Å². The molecule has 0 atom stereocenters. The average Bonchev–Trinajstić information content (AvgIpc) is 3.04. The first-order valence-corrected chi connectivity index (χ1v) is 7.03. The second-order valence-electron chi connectivity index (χ2n) is 4.91. The van der Waals surface area contributed by atoms with Crippen LogP contribution in [0, 0.1) is 0 Å². The highest BCUT2D eigenvalue weighted by molar-refractivity contribution is 6.30. The maximum atomic E-state index is 11.3. The molecule has 0 saturated heterocycles. The quantitative estimate of drug-likeness (QED) is 0.595. The highest BCUT2D eigenvalue weighted by Gasteiger charge is 2.14. The molecule has 0 aliphatic carbocycles. The molecule has 3 heterocycles. The third-order valence-corrected chi connectivity index (χ3v) is 3.79. The first kappa shape index (κ1) is 13.1. The van der Waals surface area contributed by atoms with Crippen LogP contribution in [-0.4, -0.2) is 14.4 Å². The fourth-order valence-corrected chi connectivity index (χ4v) is 2.75. The zero-order chi connectivity index (χ0) is 15.3. The number of pyridine rings is 1. The number of oxazole rings is 1. The van der Waals surface area contributed by atoms with Crippen molar-refractivity contribution in [2.24, 2.45) is 5.73 Å². The minimum Gasteiger partial charge on any atom is -0.408 e. The van der Waals surface area contributed by atoms with Crippen molar-refractivity contribution in [3.63, 3.8) is 0 Å². The summed E-state index contributed by atoms with van der Waals surface area (Å²) in [6, 6.07) is 9.04. The summed E-state index contributed by atoms with van der Waals surface area (Å²) in [7, 11) is 0. The van der Waals surface area contributed by atoms with E-state index >= 15 is 0 Å². The smallest absolute Gasteiger partial charge is 0.408 e. The van der Waals surface area contributed by atoms with Gasteiger partial charge in [-0.2, -0.15) is 0 Å². The van der Waals surface area contributed by atoms with Crippen LogP contribution < -0.4 is 11.5 Å². The number of hydrogen-bond donors (Lipinski definition) is 2. The lowest BCUT2D eigenvalue weighted by atomic mass is 10.1. The molecule has 4 aromatic rings. The first-order chi connectivity index (χ1) is 10.7. The maximum Gasteiger partial charge on any atom is 0.417 e. The maximum absolute atomic E-state index is 11.3. The summed E-state index contributed by atoms with van der Waals surface area (Å²) >= 11 is 6.04. The molecule has 4 rings (SSSR count). The molecule has 22 heavy (non-hydrogen) atoms. The van der Waals surface area contributed by atoms with Crippen LogP contribution in [0.2, 0.25) is 5.02 Å². The highest BCUT2D eigenvalue weighted by Crippen LogP contribution is 2.27. The molecule has 0 amide bonds. The zero-order valence-corrected chi connectivity index (χ0v) is 12.1. The number of nitrogens with zero attached hydrogens (tertiary/aromatic N) is 2. The Labute approximate surface area is 129 Å². The van der Waals surface area contributed by atoms with Crippen molar-refractivity contribution in [3.05, 3.63) is 57.8 Å². The van der Waals surface area contributed by atoms with Crippen LogP contribution in [0.1, 0.15) is 5.69 Å². The van der Waals surface area contributed by atoms with E-state index in [0.29, 0.717) is 22.7 Å². The van der Waals surface area contributed by atoms with Crippen LogP contribution in [0.5, 0.6) is 0 Å². The van der Waals surface area contributed by atoms with Crippen molar-refractivity contribution in [2.45, 2.75) is 6.54 Å². The van der Waals surface area contributed by atoms with Gasteiger partial charge in [-0.05, 0) is 24.3 Å². The van der Waals surface area contributed by atoms with Crippen molar-refractivity contribution in [1.82, 2.24) is 14.4 Å². The first-order valence-electron chi connectivity index (χ1n) is 6.65. The summed E-state index contributed by atoms with van der Waals surface area (Å²) < 4.78 is 6.97. The van der Waals surface area contributed by atoms with Gasteiger partial charge >= 0.3 is 5.76 Å². The molecule has 0 bridgehead atoms. The van der Waals surface area contributed by atoms with Crippen molar-refractivity contribution in [2.75, 3.05) is 0 Å². The Kier molecular flexibility index (Phi) is 2.82. The Hall–Kier alpha value is -2.57. The molecule has 0 aliphatic rings. The van der Waals surface area contributed by atoms with E-state index in [1.54, 1.807) is 24.4 Å². The van der Waals surface area contributed by atoms with Crippen LogP contribution >= 0.6 is 11.6 Å². The van der Waals surface area contributed by atoms with Gasteiger partial charge < -0.3 is 14.6 Å². The van der Waals surface area contributed by atoms with E-state index in [4.69, 9.17) is 21.8 Å². The molecule has 110 valence electrons. The van der Waals surface area contributed by atoms with Gasteiger partial charge in [-0.1, -0.05) is 17.7 Å². The fraction of sp³-hybridized carbons (Fsp3) is 0.0667. The summed E-state index contributed by atoms with van der Waals surface area (Å²) in [6.07, 6.45) is 1.78. The number of hydrogen-bond acceptors (Lipinski definition) is 4. The molecule has 0 fully saturated rings. The van der Waals surface area contributed by atoms with E-state index < -0.39 is 5.76 Å². The van der Waals surface area contributed by atoms with Gasteiger partial charge in [0.05, 0.1) is 21.9 Å². The molecule has 0 saturated carbocycles. The van der Waals surface area contributed by atoms with E-state index in [1.165, 1.54) is 0 Å². The monoisotopic (exact) mass is 314 g/mol. The Morgan fingerprint density at radius 2 is 2.18 bits per heavy atom. The van der Waals surface area contributed by atoms with Crippen molar-refractivity contribution < 1.29 is 4.42 Å². The lowest BCUT2D eigenvalue weighted by molar-refractivity contribution is 0.555. The van der Waals surface area contributed by atoms with Crippen molar-refractivity contribution in [3.8, 4) is 11.3 Å². The number of aromatic amines is 1. The normalized spacial score (nSPS) is 11.5. The van der Waals surface area contributed by atoms with Crippen LogP contribution in [0.3, 0.4) is 0 Å². The molecule has 0 radical (unpaired) electrons. The van der Waals surface area contributed by atoms with E-state index in [-0.39, 0.29) is 0 Å². The van der Waals surface area contributed by atoms with Crippen molar-refractivity contribution in [1.29, 1.82) is 0 Å². The minimum atomic E-state index is -0.479. The summed E-state index contributed by atoms with van der Waals surface area (Å²) in [4.78, 5) is 18.5. The number of aromatic nitrogens is 3. The molecular formula is C15H11ClN4O2. The average molecular weight is 315 g/mol. The number of H-pyrrole nitrogens is 1. The van der Waals surface area contributed by atoms with Gasteiger partial charge in [0.15, 0.2) is 5.58 Å². The third-order valence-electron chi connectivity index (χ3n) is 3.57. The Morgan fingerprint density at radius 3 is 3.00 bits per heavy atom. The van der Waals surface area contributed by atoms with E-state index in [9.17, 15) is 4.79 Å². The van der Waals surface area contributed by atoms with E-state index in [2.05, 4.69) is 9.97 Å². The van der Waals surface area contributed by atoms with Gasteiger partial charge in [0, 0.05) is 18.3 Å². The summed E-state index contributed by atoms with van der Waals surface area (Å²) in [5.74, 6) is -0.479. The molecule has 0 spiro atoms. The molecule has 0 aliphatic heterocycles. The second kappa shape index (κ2) is 4.72. The topological polar surface area (TPSA) is 89.3 Å². The number of nitrogens with two attached hydrogens (primary N) is 1. The number of nitrogens with one attached hydrogen (secondary N) is 1. The van der Waals surface area contributed by atoms with Crippen LogP contribution in [0.15, 0.2) is 45.7 Å². The van der Waals surface area contributed by atoms with Gasteiger partial charge in [0.2, 0.25) is 0 Å². The Morgan fingerprint density at radius 1 is 1.32 bits per heavy atom.